The number of amides is 2. The van der Waals surface area contributed by atoms with Crippen molar-refractivity contribution in [3.8, 4) is 0 Å². The van der Waals surface area contributed by atoms with Crippen LogP contribution < -0.4 is 22.1 Å². The molecule has 0 radical (unpaired) electrons. The lowest BCUT2D eigenvalue weighted by Crippen LogP contribution is -2.71. The Balaban J connectivity index is 1.47. The second-order valence-electron chi connectivity index (χ2n) is 7.50. The molecule has 2 saturated heterocycles. The summed E-state index contributed by atoms with van der Waals surface area (Å²) in [7, 11) is 0. The van der Waals surface area contributed by atoms with E-state index in [1.807, 2.05) is 4.90 Å². The second-order valence-corrected chi connectivity index (χ2v) is 9.49. The summed E-state index contributed by atoms with van der Waals surface area (Å²) >= 11 is 2.30. The van der Waals surface area contributed by atoms with Gasteiger partial charge in [-0.05, 0) is 0 Å². The molecule has 2 amide bonds. The number of piperazine rings is 1. The monoisotopic (exact) mass is 522 g/mol. The number of nitrogens with zero attached hydrogens (tertiary/aromatic N) is 6. The summed E-state index contributed by atoms with van der Waals surface area (Å²) in [6.07, 6.45) is 1.27. The predicted octanol–water partition coefficient (Wildman–Crippen LogP) is -2.15. The van der Waals surface area contributed by atoms with Crippen molar-refractivity contribution in [2.24, 2.45) is 21.1 Å². The molecule has 3 aliphatic heterocycles. The lowest BCUT2D eigenvalue weighted by molar-refractivity contribution is -0.150. The molecule has 15 nitrogen and oxygen atoms in total. The molecule has 0 spiro atoms. The van der Waals surface area contributed by atoms with Gasteiger partial charge in [0.15, 0.2) is 10.8 Å². The average Bonchev–Trinajstić information content (AvgIpc) is 3.28. The molecule has 1 aromatic rings. The maximum Gasteiger partial charge on any atom is 0.353 e. The van der Waals surface area contributed by atoms with Crippen molar-refractivity contribution in [1.82, 2.24) is 25.4 Å². The van der Waals surface area contributed by atoms with E-state index in [-0.39, 0.29) is 33.8 Å². The van der Waals surface area contributed by atoms with Gasteiger partial charge in [-0.3, -0.25) is 14.5 Å². The minimum Gasteiger partial charge on any atom is -0.477 e. The Hall–Kier alpha value is -3.70. The highest BCUT2D eigenvalue weighted by atomic mass is 32.2. The second kappa shape index (κ2) is 10.3. The Morgan fingerprint density at radius 2 is 2.09 bits per heavy atom. The van der Waals surface area contributed by atoms with Gasteiger partial charge < -0.3 is 37.3 Å². The number of aliphatic carboxylic acids is 1. The molecule has 0 saturated carbocycles. The molecule has 2 atom stereocenters. The number of guanidine groups is 1. The number of hydrogen-bond acceptors (Lipinski definition) is 12. The zero-order valence-corrected chi connectivity index (χ0v) is 19.8. The number of fused-ring (bicyclic) bond motifs is 1. The van der Waals surface area contributed by atoms with Crippen LogP contribution in [0.4, 0.5) is 5.13 Å². The highest BCUT2D eigenvalue weighted by Gasteiger charge is 2.54. The topological polar surface area (TPSA) is 224 Å². The van der Waals surface area contributed by atoms with E-state index >= 15 is 0 Å². The number of anilines is 1. The molecule has 0 aromatic carbocycles. The fraction of sp³-hybridized carbons (Fsp3) is 0.389. The number of thiazole rings is 1. The number of nitrogens with one attached hydrogen (secondary N) is 2. The first-order valence-electron chi connectivity index (χ1n) is 10.3. The van der Waals surface area contributed by atoms with E-state index in [2.05, 4.69) is 31.0 Å². The summed E-state index contributed by atoms with van der Waals surface area (Å²) < 4.78 is 0. The normalized spacial score (nSPS) is 23.4. The van der Waals surface area contributed by atoms with Gasteiger partial charge in [-0.2, -0.15) is 5.10 Å². The quantitative estimate of drug-likeness (QED) is 0.0776. The standard InChI is InChI=1S/C18H22N10O5S2/c19-17(27-3-1-21-2-4-27)25-22-5-8-6-34-15-11(14(30)28(15)12(8)16(31)32)24-13(29)10(26-33)9-7-35-18(20)23-9/h5,7,11,15,21,33H,1-4,6H2,(H2,19,25)(H2,20,23)(H,24,29)(H,31,32)/t11-,15-/m1/s1. The van der Waals surface area contributed by atoms with Crippen molar-refractivity contribution >= 4 is 63.9 Å². The SMILES string of the molecule is NC(=NN=CC1=C(C(=O)O)N2C(=O)[C@@H](NC(=O)C(=NO)c3csc(N)n3)[C@H]2SC1)N1CCNCC1. The molecule has 186 valence electrons. The molecular weight excluding hydrogens is 500 g/mol. The first-order chi connectivity index (χ1) is 16.8. The molecular formula is C18H22N10O5S2. The number of carbonyl (C=O) groups is 3. The van der Waals surface area contributed by atoms with Crippen molar-refractivity contribution in [3.05, 3.63) is 22.3 Å². The molecule has 4 rings (SSSR count). The van der Waals surface area contributed by atoms with Gasteiger partial charge in [-0.1, -0.05) is 5.16 Å². The lowest BCUT2D eigenvalue weighted by Gasteiger charge is -2.49. The average molecular weight is 523 g/mol. The number of hydrogen-bond donors (Lipinski definition) is 6. The third kappa shape index (κ3) is 4.91. The maximum atomic E-state index is 12.8. The molecule has 3 aliphatic rings. The summed E-state index contributed by atoms with van der Waals surface area (Å²) in [5, 5.41) is 36.4. The molecule has 2 fully saturated rings. The van der Waals surface area contributed by atoms with E-state index in [0.29, 0.717) is 13.1 Å². The molecule has 0 bridgehead atoms. The van der Waals surface area contributed by atoms with Gasteiger partial charge >= 0.3 is 5.97 Å². The fourth-order valence-electron chi connectivity index (χ4n) is 3.68. The van der Waals surface area contributed by atoms with Crippen molar-refractivity contribution < 1.29 is 24.7 Å². The minimum atomic E-state index is -1.32. The van der Waals surface area contributed by atoms with Crippen LogP contribution in [0, 0.1) is 0 Å². The largest absolute Gasteiger partial charge is 0.477 e. The van der Waals surface area contributed by atoms with Crippen molar-refractivity contribution in [3.63, 3.8) is 0 Å². The van der Waals surface area contributed by atoms with Crippen molar-refractivity contribution in [2.45, 2.75) is 11.4 Å². The summed E-state index contributed by atoms with van der Waals surface area (Å²) in [4.78, 5) is 44.2. The summed E-state index contributed by atoms with van der Waals surface area (Å²) in [5.41, 5.74) is 11.2. The van der Waals surface area contributed by atoms with Crippen LogP contribution in [-0.4, -0.2) is 104 Å². The number of β-lactam (4-membered cyclic amide) rings is 1. The smallest absolute Gasteiger partial charge is 0.353 e. The number of carboxylic acids is 1. The Morgan fingerprint density at radius 3 is 2.71 bits per heavy atom. The number of thioether (sulfide) groups is 1. The Kier molecular flexibility index (Phi) is 7.17. The Morgan fingerprint density at radius 1 is 1.34 bits per heavy atom. The first-order valence-corrected chi connectivity index (χ1v) is 12.2. The number of nitrogens with two attached hydrogens (primary N) is 2. The fourth-order valence-corrected chi connectivity index (χ4v) is 5.52. The maximum absolute atomic E-state index is 12.8. The zero-order valence-electron chi connectivity index (χ0n) is 18.1. The van der Waals surface area contributed by atoms with Gasteiger partial charge in [0.1, 0.15) is 22.8 Å². The number of nitrogen functional groups attached to an aromatic ring is 1. The van der Waals surface area contributed by atoms with Gasteiger partial charge in [0.05, 0.1) is 6.21 Å². The van der Waals surface area contributed by atoms with E-state index in [1.165, 1.54) is 23.4 Å². The van der Waals surface area contributed by atoms with Crippen molar-refractivity contribution in [2.75, 3.05) is 37.7 Å². The van der Waals surface area contributed by atoms with Gasteiger partial charge in [-0.25, -0.2) is 9.78 Å². The van der Waals surface area contributed by atoms with Crippen molar-refractivity contribution in [1.29, 1.82) is 0 Å². The van der Waals surface area contributed by atoms with Gasteiger partial charge in [0.2, 0.25) is 5.96 Å². The van der Waals surface area contributed by atoms with Gasteiger partial charge in [0.25, 0.3) is 11.8 Å². The molecule has 1 aromatic heterocycles. The van der Waals surface area contributed by atoms with Crippen LogP contribution in [0.15, 0.2) is 32.0 Å². The van der Waals surface area contributed by atoms with E-state index < -0.39 is 34.9 Å². The van der Waals surface area contributed by atoms with E-state index in [1.54, 1.807) is 0 Å². The van der Waals surface area contributed by atoms with E-state index in [0.717, 1.165) is 29.3 Å². The van der Waals surface area contributed by atoms with Gasteiger partial charge in [0, 0.05) is 42.9 Å². The van der Waals surface area contributed by atoms with Crippen LogP contribution in [0.5, 0.6) is 0 Å². The van der Waals surface area contributed by atoms with Crippen LogP contribution >= 0.6 is 23.1 Å². The highest BCUT2D eigenvalue weighted by molar-refractivity contribution is 8.00. The van der Waals surface area contributed by atoms with Crippen LogP contribution in [0.25, 0.3) is 0 Å². The number of carbonyl (C=O) groups excluding carboxylic acids is 2. The Bertz CT molecular complexity index is 1160. The highest BCUT2D eigenvalue weighted by Crippen LogP contribution is 2.40. The number of rotatable bonds is 6. The molecule has 17 heteroatoms. The lowest BCUT2D eigenvalue weighted by atomic mass is 10.0. The summed E-state index contributed by atoms with van der Waals surface area (Å²) in [6, 6.07) is -1.02. The predicted molar refractivity (Wildman–Crippen MR) is 129 cm³/mol. The van der Waals surface area contributed by atoms with Crippen LogP contribution in [0.3, 0.4) is 0 Å². The van der Waals surface area contributed by atoms with Gasteiger partial charge in [-0.15, -0.1) is 28.2 Å². The number of oxime groups is 1. The van der Waals surface area contributed by atoms with E-state index in [9.17, 15) is 24.7 Å². The van der Waals surface area contributed by atoms with E-state index in [4.69, 9.17) is 11.5 Å². The molecule has 35 heavy (non-hydrogen) atoms. The summed E-state index contributed by atoms with van der Waals surface area (Å²) in [6.45, 7) is 2.90. The third-order valence-electron chi connectivity index (χ3n) is 5.38. The van der Waals surface area contributed by atoms with Crippen LogP contribution in [0.2, 0.25) is 0 Å². The molecule has 0 aliphatic carbocycles. The number of aromatic nitrogens is 1. The molecule has 4 heterocycles. The molecule has 0 unspecified atom stereocenters. The zero-order chi connectivity index (χ0) is 25.1. The third-order valence-corrected chi connectivity index (χ3v) is 7.36. The summed E-state index contributed by atoms with van der Waals surface area (Å²) in [5.74, 6) is -2.37. The van der Waals surface area contributed by atoms with Crippen LogP contribution in [0.1, 0.15) is 5.69 Å². The minimum absolute atomic E-state index is 0.0534. The van der Waals surface area contributed by atoms with Crippen LogP contribution in [-0.2, 0) is 14.4 Å². The number of carboxylic acid groups (broad SMARTS) is 1. The Labute approximate surface area is 206 Å². The molecule has 8 N–H and O–H groups in total. The first kappa shape index (κ1) is 24.4.